The van der Waals surface area contributed by atoms with Crippen molar-refractivity contribution in [2.45, 2.75) is 18.9 Å². The number of halogens is 1. The van der Waals surface area contributed by atoms with Gasteiger partial charge in [-0.2, -0.15) is 0 Å². The van der Waals surface area contributed by atoms with Gasteiger partial charge in [0.2, 0.25) is 0 Å². The zero-order valence-electron chi connectivity index (χ0n) is 11.8. The van der Waals surface area contributed by atoms with Gasteiger partial charge >= 0.3 is 0 Å². The number of hydrogen-bond donors (Lipinski definition) is 1. The largest absolute Gasteiger partial charge is 0.348 e. The maximum Gasteiger partial charge on any atom is 0.253 e. The van der Waals surface area contributed by atoms with Gasteiger partial charge in [0.05, 0.1) is 10.2 Å². The van der Waals surface area contributed by atoms with Crippen molar-refractivity contribution >= 4 is 27.4 Å². The van der Waals surface area contributed by atoms with Gasteiger partial charge in [-0.15, -0.1) is 0 Å². The smallest absolute Gasteiger partial charge is 0.253 e. The Morgan fingerprint density at radius 3 is 2.76 bits per heavy atom. The molecule has 1 N–H and O–H groups in total. The Balaban J connectivity index is 1.55. The lowest BCUT2D eigenvalue weighted by atomic mass is 9.84. The summed E-state index contributed by atoms with van der Waals surface area (Å²) >= 11 is 3.51. The number of piperidine rings is 3. The highest BCUT2D eigenvalue weighted by Crippen LogP contribution is 2.27. The highest BCUT2D eigenvalue weighted by Gasteiger charge is 2.35. The predicted molar refractivity (Wildman–Crippen MR) is 85.5 cm³/mol. The summed E-state index contributed by atoms with van der Waals surface area (Å²) in [6.45, 7) is 3.40. The average Bonchev–Trinajstić information content (AvgIpc) is 2.94. The minimum atomic E-state index is 0.0457. The molecule has 3 fully saturated rings. The van der Waals surface area contributed by atoms with Crippen LogP contribution in [0.25, 0.3) is 5.52 Å². The van der Waals surface area contributed by atoms with Crippen molar-refractivity contribution in [3.63, 3.8) is 0 Å². The van der Waals surface area contributed by atoms with Crippen LogP contribution < -0.4 is 5.32 Å². The Bertz CT molecular complexity index is 688. The molecule has 3 aliphatic heterocycles. The van der Waals surface area contributed by atoms with Gasteiger partial charge in [0.15, 0.2) is 0 Å². The first-order valence-corrected chi connectivity index (χ1v) is 8.30. The third kappa shape index (κ3) is 2.38. The van der Waals surface area contributed by atoms with Crippen molar-refractivity contribution in [1.82, 2.24) is 14.6 Å². The second-order valence-electron chi connectivity index (χ2n) is 6.09. The SMILES string of the molecule is O=C(NC1CN2CCC1CC2)c1cc2cccc(Br)n2c1. The van der Waals surface area contributed by atoms with Crippen LogP contribution in [0.3, 0.4) is 0 Å². The van der Waals surface area contributed by atoms with Crippen LogP contribution in [0.2, 0.25) is 0 Å². The van der Waals surface area contributed by atoms with Crippen LogP contribution >= 0.6 is 15.9 Å². The number of amides is 1. The van der Waals surface area contributed by atoms with Gasteiger partial charge in [-0.1, -0.05) is 6.07 Å². The van der Waals surface area contributed by atoms with E-state index in [1.807, 2.05) is 34.9 Å². The molecule has 0 saturated carbocycles. The molecule has 1 amide bonds. The molecule has 0 spiro atoms. The fourth-order valence-corrected chi connectivity index (χ4v) is 4.06. The maximum atomic E-state index is 12.5. The van der Waals surface area contributed by atoms with Crippen molar-refractivity contribution in [2.75, 3.05) is 19.6 Å². The van der Waals surface area contributed by atoms with Gasteiger partial charge in [0.1, 0.15) is 0 Å². The zero-order chi connectivity index (χ0) is 14.4. The third-order valence-electron chi connectivity index (χ3n) is 4.82. The summed E-state index contributed by atoms with van der Waals surface area (Å²) in [5, 5.41) is 3.24. The van der Waals surface area contributed by atoms with Crippen molar-refractivity contribution in [3.8, 4) is 0 Å². The lowest BCUT2D eigenvalue weighted by molar-refractivity contribution is 0.0620. The van der Waals surface area contributed by atoms with Crippen LogP contribution in [0.5, 0.6) is 0 Å². The topological polar surface area (TPSA) is 36.8 Å². The number of hydrogen-bond acceptors (Lipinski definition) is 2. The van der Waals surface area contributed by atoms with E-state index >= 15 is 0 Å². The van der Waals surface area contributed by atoms with Gasteiger partial charge in [-0.25, -0.2) is 0 Å². The minimum Gasteiger partial charge on any atom is -0.348 e. The molecular formula is C16H18BrN3O. The predicted octanol–water partition coefficient (Wildman–Crippen LogP) is 2.53. The molecule has 1 atom stereocenters. The highest BCUT2D eigenvalue weighted by molar-refractivity contribution is 9.10. The number of carbonyl (C=O) groups is 1. The van der Waals surface area contributed by atoms with Crippen molar-refractivity contribution in [3.05, 3.63) is 40.6 Å². The minimum absolute atomic E-state index is 0.0457. The summed E-state index contributed by atoms with van der Waals surface area (Å²) in [4.78, 5) is 15.0. The maximum absolute atomic E-state index is 12.5. The molecule has 5 heterocycles. The van der Waals surface area contributed by atoms with E-state index in [9.17, 15) is 4.79 Å². The first kappa shape index (κ1) is 13.3. The fraction of sp³-hybridized carbons (Fsp3) is 0.438. The Morgan fingerprint density at radius 1 is 1.29 bits per heavy atom. The number of carbonyl (C=O) groups excluding carboxylic acids is 1. The summed E-state index contributed by atoms with van der Waals surface area (Å²) in [5.41, 5.74) is 1.77. The first-order chi connectivity index (χ1) is 10.2. The summed E-state index contributed by atoms with van der Waals surface area (Å²) in [5.74, 6) is 0.701. The molecule has 3 aliphatic rings. The van der Waals surface area contributed by atoms with Gasteiger partial charge < -0.3 is 14.6 Å². The standard InChI is InChI=1S/C16H18BrN3O/c17-15-3-1-2-13-8-12(9-20(13)15)16(21)18-14-10-19-6-4-11(14)5-7-19/h1-3,8-9,11,14H,4-7,10H2,(H,18,21). The Kier molecular flexibility index (Phi) is 3.27. The van der Waals surface area contributed by atoms with Crippen molar-refractivity contribution < 1.29 is 4.79 Å². The summed E-state index contributed by atoms with van der Waals surface area (Å²) < 4.78 is 2.95. The molecule has 3 saturated heterocycles. The zero-order valence-corrected chi connectivity index (χ0v) is 13.3. The number of aromatic nitrogens is 1. The summed E-state index contributed by atoms with van der Waals surface area (Å²) in [6, 6.07) is 8.22. The molecule has 21 heavy (non-hydrogen) atoms. The fourth-order valence-electron chi connectivity index (χ4n) is 3.60. The number of nitrogens with one attached hydrogen (secondary N) is 1. The van der Waals surface area contributed by atoms with E-state index in [0.29, 0.717) is 12.0 Å². The van der Waals surface area contributed by atoms with Crippen LogP contribution in [0.1, 0.15) is 23.2 Å². The molecule has 2 bridgehead atoms. The quantitative estimate of drug-likeness (QED) is 0.847. The molecule has 110 valence electrons. The molecule has 1 unspecified atom stereocenters. The number of nitrogens with zero attached hydrogens (tertiary/aromatic N) is 2. The van der Waals surface area contributed by atoms with E-state index < -0.39 is 0 Å². The van der Waals surface area contributed by atoms with E-state index in [-0.39, 0.29) is 5.91 Å². The molecule has 0 aromatic carbocycles. The van der Waals surface area contributed by atoms with Crippen LogP contribution in [0.15, 0.2) is 35.1 Å². The molecule has 0 aliphatic carbocycles. The molecule has 5 rings (SSSR count). The normalized spacial score (nSPS) is 28.0. The molecule has 2 aromatic rings. The lowest BCUT2D eigenvalue weighted by Crippen LogP contribution is -2.57. The van der Waals surface area contributed by atoms with E-state index in [4.69, 9.17) is 0 Å². The van der Waals surface area contributed by atoms with E-state index in [1.165, 1.54) is 25.9 Å². The Hall–Kier alpha value is -1.33. The second kappa shape index (κ2) is 5.14. The van der Waals surface area contributed by atoms with Gasteiger partial charge in [0.25, 0.3) is 5.91 Å². The van der Waals surface area contributed by atoms with Crippen LogP contribution in [-0.4, -0.2) is 40.9 Å². The van der Waals surface area contributed by atoms with Crippen molar-refractivity contribution in [2.24, 2.45) is 5.92 Å². The molecule has 4 nitrogen and oxygen atoms in total. The average molecular weight is 348 g/mol. The first-order valence-electron chi connectivity index (χ1n) is 7.50. The second-order valence-corrected chi connectivity index (χ2v) is 6.90. The molecule has 0 radical (unpaired) electrons. The number of pyridine rings is 1. The van der Waals surface area contributed by atoms with Gasteiger partial charge in [-0.3, -0.25) is 4.79 Å². The van der Waals surface area contributed by atoms with Crippen molar-refractivity contribution in [1.29, 1.82) is 0 Å². The van der Waals surface area contributed by atoms with Gasteiger partial charge in [0, 0.05) is 24.3 Å². The van der Waals surface area contributed by atoms with E-state index in [2.05, 4.69) is 26.1 Å². The summed E-state index contributed by atoms with van der Waals surface area (Å²) in [6.07, 6.45) is 4.33. The van der Waals surface area contributed by atoms with Gasteiger partial charge in [-0.05, 0) is 66.0 Å². The van der Waals surface area contributed by atoms with E-state index in [1.54, 1.807) is 0 Å². The Labute approximate surface area is 132 Å². The van der Waals surface area contributed by atoms with Crippen LogP contribution in [-0.2, 0) is 0 Å². The number of fused-ring (bicyclic) bond motifs is 4. The van der Waals surface area contributed by atoms with E-state index in [0.717, 1.165) is 22.2 Å². The highest BCUT2D eigenvalue weighted by atomic mass is 79.9. The summed E-state index contributed by atoms with van der Waals surface area (Å²) in [7, 11) is 0. The molecule has 2 aromatic heterocycles. The Morgan fingerprint density at radius 2 is 2.10 bits per heavy atom. The van der Waals surface area contributed by atoms with Crippen LogP contribution in [0.4, 0.5) is 0 Å². The monoisotopic (exact) mass is 347 g/mol. The molecule has 5 heteroatoms. The van der Waals surface area contributed by atoms with Crippen LogP contribution in [0, 0.1) is 5.92 Å². The third-order valence-corrected chi connectivity index (χ3v) is 5.46. The number of rotatable bonds is 2. The molecular weight excluding hydrogens is 330 g/mol. The lowest BCUT2D eigenvalue weighted by Gasteiger charge is -2.44.